The van der Waals surface area contributed by atoms with Crippen molar-refractivity contribution in [3.63, 3.8) is 0 Å². The van der Waals surface area contributed by atoms with Crippen LogP contribution >= 0.6 is 0 Å². The Kier molecular flexibility index (Phi) is 5.06. The fraction of sp³-hybridized carbons (Fsp3) is 0.571. The summed E-state index contributed by atoms with van der Waals surface area (Å²) in [6.07, 6.45) is 2.60. The van der Waals surface area contributed by atoms with E-state index in [1.165, 1.54) is 12.1 Å². The summed E-state index contributed by atoms with van der Waals surface area (Å²) in [6, 6.07) is 2.18. The van der Waals surface area contributed by atoms with Crippen molar-refractivity contribution in [1.29, 1.82) is 0 Å². The highest BCUT2D eigenvalue weighted by atomic mass is 19.1. The molecule has 0 fully saturated rings. The van der Waals surface area contributed by atoms with Crippen molar-refractivity contribution in [2.24, 2.45) is 11.7 Å². The van der Waals surface area contributed by atoms with E-state index < -0.39 is 17.7 Å². The van der Waals surface area contributed by atoms with E-state index >= 15 is 0 Å². The van der Waals surface area contributed by atoms with Crippen LogP contribution in [0.25, 0.3) is 0 Å². The molecule has 3 heteroatoms. The maximum absolute atomic E-state index is 13.9. The summed E-state index contributed by atoms with van der Waals surface area (Å²) < 4.78 is 27.5. The molecular formula is C14H21F2N. The Balaban J connectivity index is 2.95. The Bertz CT molecular complexity index is 373. The molecular weight excluding hydrogens is 220 g/mol. The number of rotatable bonds is 5. The molecule has 1 atom stereocenters. The van der Waals surface area contributed by atoms with E-state index in [0.717, 1.165) is 12.8 Å². The second-order valence-corrected chi connectivity index (χ2v) is 4.62. The first-order chi connectivity index (χ1) is 8.01. The number of halogens is 2. The van der Waals surface area contributed by atoms with Crippen LogP contribution in [0.2, 0.25) is 0 Å². The fourth-order valence-corrected chi connectivity index (χ4v) is 2.12. The largest absolute Gasteiger partial charge is 0.324 e. The third-order valence-corrected chi connectivity index (χ3v) is 3.43. The van der Waals surface area contributed by atoms with Crippen LogP contribution in [-0.2, 0) is 0 Å². The number of hydrogen-bond donors (Lipinski definition) is 1. The van der Waals surface area contributed by atoms with Crippen molar-refractivity contribution in [2.45, 2.75) is 46.1 Å². The summed E-state index contributed by atoms with van der Waals surface area (Å²) in [4.78, 5) is 0. The van der Waals surface area contributed by atoms with Crippen LogP contribution in [0.4, 0.5) is 8.78 Å². The van der Waals surface area contributed by atoms with Gasteiger partial charge in [0.25, 0.3) is 0 Å². The monoisotopic (exact) mass is 241 g/mol. The van der Waals surface area contributed by atoms with Crippen LogP contribution in [0.1, 0.15) is 50.3 Å². The average Bonchev–Trinajstić information content (AvgIpc) is 2.31. The molecule has 2 N–H and O–H groups in total. The first-order valence-corrected chi connectivity index (χ1v) is 6.21. The lowest BCUT2D eigenvalue weighted by Gasteiger charge is -2.20. The lowest BCUT2D eigenvalue weighted by atomic mass is 9.90. The molecule has 17 heavy (non-hydrogen) atoms. The highest BCUT2D eigenvalue weighted by Gasteiger charge is 2.20. The number of hydrogen-bond acceptors (Lipinski definition) is 1. The summed E-state index contributed by atoms with van der Waals surface area (Å²) in [5.41, 5.74) is 6.42. The molecule has 0 saturated carbocycles. The minimum Gasteiger partial charge on any atom is -0.324 e. The zero-order valence-electron chi connectivity index (χ0n) is 10.8. The van der Waals surface area contributed by atoms with Gasteiger partial charge in [0.05, 0.1) is 0 Å². The second kappa shape index (κ2) is 6.10. The molecule has 1 aromatic carbocycles. The predicted octanol–water partition coefficient (Wildman–Crippen LogP) is 4.10. The Labute approximate surface area is 102 Å². The molecule has 0 aliphatic carbocycles. The number of nitrogens with two attached hydrogens (primary N) is 1. The Hall–Kier alpha value is -0.960. The van der Waals surface area contributed by atoms with Crippen LogP contribution in [0, 0.1) is 24.5 Å². The predicted molar refractivity (Wildman–Crippen MR) is 66.7 cm³/mol. The first kappa shape index (κ1) is 14.1. The van der Waals surface area contributed by atoms with Crippen molar-refractivity contribution in [2.75, 3.05) is 0 Å². The normalized spacial score (nSPS) is 13.1. The van der Waals surface area contributed by atoms with E-state index in [1.807, 2.05) is 0 Å². The lowest BCUT2D eigenvalue weighted by molar-refractivity contribution is 0.397. The van der Waals surface area contributed by atoms with Gasteiger partial charge in [0.1, 0.15) is 11.6 Å². The van der Waals surface area contributed by atoms with Gasteiger partial charge in [0.15, 0.2) is 0 Å². The van der Waals surface area contributed by atoms with Crippen molar-refractivity contribution < 1.29 is 8.78 Å². The van der Waals surface area contributed by atoms with Crippen LogP contribution in [0.3, 0.4) is 0 Å². The van der Waals surface area contributed by atoms with Gasteiger partial charge in [-0.3, -0.25) is 0 Å². The molecule has 0 amide bonds. The van der Waals surface area contributed by atoms with Gasteiger partial charge in [0, 0.05) is 11.6 Å². The van der Waals surface area contributed by atoms with Crippen LogP contribution < -0.4 is 5.73 Å². The van der Waals surface area contributed by atoms with Crippen molar-refractivity contribution in [1.82, 2.24) is 0 Å². The van der Waals surface area contributed by atoms with Crippen molar-refractivity contribution in [3.8, 4) is 0 Å². The van der Waals surface area contributed by atoms with Crippen molar-refractivity contribution >= 4 is 0 Å². The second-order valence-electron chi connectivity index (χ2n) is 4.62. The quantitative estimate of drug-likeness (QED) is 0.825. The van der Waals surface area contributed by atoms with Gasteiger partial charge in [-0.15, -0.1) is 0 Å². The molecule has 1 aromatic rings. The van der Waals surface area contributed by atoms with Gasteiger partial charge in [-0.25, -0.2) is 8.78 Å². The zero-order chi connectivity index (χ0) is 13.0. The molecule has 1 unspecified atom stereocenters. The standard InChI is InChI=1S/C14H21F2N/c1-4-10(5-2)8-12(17)13-11(15)7-6-9(3)14(13)16/h6-7,10,12H,4-5,8,17H2,1-3H3. The highest BCUT2D eigenvalue weighted by Crippen LogP contribution is 2.28. The molecule has 0 spiro atoms. The van der Waals surface area contributed by atoms with Gasteiger partial charge in [-0.2, -0.15) is 0 Å². The van der Waals surface area contributed by atoms with E-state index in [9.17, 15) is 8.78 Å². The van der Waals surface area contributed by atoms with E-state index in [4.69, 9.17) is 5.73 Å². The van der Waals surface area contributed by atoms with E-state index in [-0.39, 0.29) is 5.56 Å². The Morgan fingerprint density at radius 3 is 2.29 bits per heavy atom. The SMILES string of the molecule is CCC(CC)CC(N)c1c(F)ccc(C)c1F. The summed E-state index contributed by atoms with van der Waals surface area (Å²) in [5.74, 6) is -0.612. The highest BCUT2D eigenvalue weighted by molar-refractivity contribution is 5.29. The maximum atomic E-state index is 13.9. The van der Waals surface area contributed by atoms with E-state index in [1.54, 1.807) is 6.92 Å². The third-order valence-electron chi connectivity index (χ3n) is 3.43. The first-order valence-electron chi connectivity index (χ1n) is 6.21. The molecule has 0 aliphatic heterocycles. The van der Waals surface area contributed by atoms with Crippen LogP contribution in [0.15, 0.2) is 12.1 Å². The molecule has 0 aliphatic rings. The van der Waals surface area contributed by atoms with E-state index in [0.29, 0.717) is 17.9 Å². The minimum absolute atomic E-state index is 0.0388. The van der Waals surface area contributed by atoms with Gasteiger partial charge in [-0.05, 0) is 30.9 Å². The Morgan fingerprint density at radius 2 is 1.76 bits per heavy atom. The fourth-order valence-electron chi connectivity index (χ4n) is 2.12. The third kappa shape index (κ3) is 3.25. The summed E-state index contributed by atoms with van der Waals surface area (Å²) >= 11 is 0. The molecule has 1 rings (SSSR count). The maximum Gasteiger partial charge on any atom is 0.133 e. The topological polar surface area (TPSA) is 26.0 Å². The molecule has 0 radical (unpaired) electrons. The van der Waals surface area contributed by atoms with Gasteiger partial charge >= 0.3 is 0 Å². The summed E-state index contributed by atoms with van der Waals surface area (Å²) in [7, 11) is 0. The van der Waals surface area contributed by atoms with Crippen molar-refractivity contribution in [3.05, 3.63) is 34.9 Å². The number of benzene rings is 1. The molecule has 0 aromatic heterocycles. The summed E-state index contributed by atoms with van der Waals surface area (Å²) in [6.45, 7) is 5.77. The Morgan fingerprint density at radius 1 is 1.18 bits per heavy atom. The number of aryl methyl sites for hydroxylation is 1. The smallest absolute Gasteiger partial charge is 0.133 e. The zero-order valence-corrected chi connectivity index (χ0v) is 10.8. The van der Waals surface area contributed by atoms with Crippen LogP contribution in [0.5, 0.6) is 0 Å². The van der Waals surface area contributed by atoms with Gasteiger partial charge in [0.2, 0.25) is 0 Å². The van der Waals surface area contributed by atoms with E-state index in [2.05, 4.69) is 13.8 Å². The van der Waals surface area contributed by atoms with Gasteiger partial charge in [-0.1, -0.05) is 32.8 Å². The lowest BCUT2D eigenvalue weighted by Crippen LogP contribution is -2.18. The molecule has 1 nitrogen and oxygen atoms in total. The molecule has 0 heterocycles. The summed E-state index contributed by atoms with van der Waals surface area (Å²) in [5, 5.41) is 0. The molecule has 0 bridgehead atoms. The minimum atomic E-state index is -0.556. The molecule has 96 valence electrons. The van der Waals surface area contributed by atoms with Crippen LogP contribution in [-0.4, -0.2) is 0 Å². The van der Waals surface area contributed by atoms with Gasteiger partial charge < -0.3 is 5.73 Å². The average molecular weight is 241 g/mol. The molecule has 0 saturated heterocycles.